The van der Waals surface area contributed by atoms with E-state index in [9.17, 15) is 13.2 Å². The summed E-state index contributed by atoms with van der Waals surface area (Å²) >= 11 is 0. The van der Waals surface area contributed by atoms with E-state index >= 15 is 0 Å². The van der Waals surface area contributed by atoms with E-state index in [4.69, 9.17) is 0 Å². The number of sulfonamides is 1. The van der Waals surface area contributed by atoms with E-state index in [1.54, 1.807) is 0 Å². The molecule has 1 unspecified atom stereocenters. The molecule has 5 nitrogen and oxygen atoms in total. The van der Waals surface area contributed by atoms with Crippen molar-refractivity contribution in [1.82, 2.24) is 10.0 Å². The second-order valence-corrected chi connectivity index (χ2v) is 6.75. The summed E-state index contributed by atoms with van der Waals surface area (Å²) < 4.78 is 24.7. The third kappa shape index (κ3) is 2.22. The van der Waals surface area contributed by atoms with E-state index in [2.05, 4.69) is 10.0 Å². The molecule has 92 valence electrons. The van der Waals surface area contributed by atoms with Gasteiger partial charge in [-0.15, -0.1) is 0 Å². The van der Waals surface area contributed by atoms with Crippen molar-refractivity contribution in [3.05, 3.63) is 0 Å². The van der Waals surface area contributed by atoms with Gasteiger partial charge >= 0.3 is 0 Å². The Labute approximate surface area is 96.0 Å². The number of carbonyl (C=O) groups is 1. The van der Waals surface area contributed by atoms with Gasteiger partial charge in [0.25, 0.3) is 0 Å². The highest BCUT2D eigenvalue weighted by molar-refractivity contribution is 7.90. The van der Waals surface area contributed by atoms with E-state index in [1.165, 1.54) is 6.92 Å². The van der Waals surface area contributed by atoms with Crippen LogP contribution in [0.3, 0.4) is 0 Å². The molecule has 0 aromatic carbocycles. The van der Waals surface area contributed by atoms with Gasteiger partial charge in [-0.3, -0.25) is 9.52 Å². The van der Waals surface area contributed by atoms with Gasteiger partial charge in [0.15, 0.2) is 0 Å². The minimum Gasteiger partial charge on any atom is -0.317 e. The van der Waals surface area contributed by atoms with Crippen molar-refractivity contribution in [1.29, 1.82) is 0 Å². The molecule has 16 heavy (non-hydrogen) atoms. The van der Waals surface area contributed by atoms with Gasteiger partial charge in [-0.25, -0.2) is 8.42 Å². The number of rotatable bonds is 3. The van der Waals surface area contributed by atoms with Crippen molar-refractivity contribution in [3.8, 4) is 0 Å². The number of hydrogen-bond donors (Lipinski definition) is 2. The van der Waals surface area contributed by atoms with Crippen LogP contribution in [-0.2, 0) is 14.8 Å². The Hall–Kier alpha value is -0.620. The zero-order valence-corrected chi connectivity index (χ0v) is 10.3. The van der Waals surface area contributed by atoms with Crippen molar-refractivity contribution < 1.29 is 13.2 Å². The molecule has 0 aromatic rings. The molecule has 2 fully saturated rings. The molecule has 1 saturated carbocycles. The Morgan fingerprint density at radius 2 is 2.06 bits per heavy atom. The molecule has 6 heteroatoms. The highest BCUT2D eigenvalue weighted by Crippen LogP contribution is 2.58. The Bertz CT molecular complexity index is 385. The second-order valence-electron chi connectivity index (χ2n) is 4.74. The monoisotopic (exact) mass is 246 g/mol. The van der Waals surface area contributed by atoms with Gasteiger partial charge < -0.3 is 5.32 Å². The number of piperidine rings is 1. The zero-order chi connectivity index (χ0) is 11.8. The van der Waals surface area contributed by atoms with Crippen LogP contribution < -0.4 is 10.0 Å². The van der Waals surface area contributed by atoms with Crippen LogP contribution in [-0.4, -0.2) is 33.2 Å². The van der Waals surface area contributed by atoms with Gasteiger partial charge in [-0.05, 0) is 44.7 Å². The summed E-state index contributed by atoms with van der Waals surface area (Å²) in [6.07, 6.45) is 2.81. The molecule has 2 aliphatic rings. The molecule has 2 N–H and O–H groups in total. The first-order valence-corrected chi connectivity index (χ1v) is 7.39. The maximum atomic E-state index is 11.7. The molecular weight excluding hydrogens is 228 g/mol. The van der Waals surface area contributed by atoms with Crippen LogP contribution in [0.1, 0.15) is 26.2 Å². The summed E-state index contributed by atoms with van der Waals surface area (Å²) in [5, 5.41) is 3.25. The highest BCUT2D eigenvalue weighted by atomic mass is 32.2. The minimum absolute atomic E-state index is 0.0417. The Morgan fingerprint density at radius 1 is 1.44 bits per heavy atom. The summed E-state index contributed by atoms with van der Waals surface area (Å²) in [4.78, 5) is 11.7. The fraction of sp³-hybridized carbons (Fsp3) is 0.900. The lowest BCUT2D eigenvalue weighted by Crippen LogP contribution is -2.36. The van der Waals surface area contributed by atoms with Crippen LogP contribution in [0.4, 0.5) is 0 Å². The summed E-state index contributed by atoms with van der Waals surface area (Å²) in [5.41, 5.74) is 0.0958. The molecular formula is C10H18N2O3S. The summed E-state index contributed by atoms with van der Waals surface area (Å²) in [7, 11) is -3.39. The highest BCUT2D eigenvalue weighted by Gasteiger charge is 2.58. The Morgan fingerprint density at radius 3 is 2.62 bits per heavy atom. The van der Waals surface area contributed by atoms with Crippen LogP contribution in [0.15, 0.2) is 0 Å². The van der Waals surface area contributed by atoms with E-state index in [0.717, 1.165) is 32.4 Å². The number of amides is 1. The predicted molar refractivity (Wildman–Crippen MR) is 60.2 cm³/mol. The fourth-order valence-electron chi connectivity index (χ4n) is 2.49. The molecule has 1 aliphatic carbocycles. The van der Waals surface area contributed by atoms with Crippen molar-refractivity contribution in [2.75, 3.05) is 18.8 Å². The van der Waals surface area contributed by atoms with Crippen LogP contribution in [0.2, 0.25) is 0 Å². The Balaban J connectivity index is 1.94. The third-order valence-corrected chi connectivity index (χ3v) is 5.01. The number of carbonyl (C=O) groups excluding carboxylic acids is 1. The van der Waals surface area contributed by atoms with Crippen molar-refractivity contribution in [3.63, 3.8) is 0 Å². The summed E-state index contributed by atoms with van der Waals surface area (Å²) in [5.74, 6) is -0.431. The van der Waals surface area contributed by atoms with Gasteiger partial charge in [0.05, 0.1) is 5.75 Å². The van der Waals surface area contributed by atoms with Crippen LogP contribution in [0.5, 0.6) is 0 Å². The maximum absolute atomic E-state index is 11.7. The molecule has 1 heterocycles. The molecule has 1 atom stereocenters. The fourth-order valence-corrected chi connectivity index (χ4v) is 3.09. The van der Waals surface area contributed by atoms with Crippen LogP contribution in [0, 0.1) is 11.3 Å². The van der Waals surface area contributed by atoms with Crippen molar-refractivity contribution in [2.45, 2.75) is 26.2 Å². The quantitative estimate of drug-likeness (QED) is 0.725. The van der Waals surface area contributed by atoms with E-state index < -0.39 is 10.0 Å². The van der Waals surface area contributed by atoms with Gasteiger partial charge in [0, 0.05) is 5.92 Å². The number of hydrogen-bond acceptors (Lipinski definition) is 4. The predicted octanol–water partition coefficient (Wildman–Crippen LogP) is -0.158. The molecule has 1 saturated heterocycles. The van der Waals surface area contributed by atoms with E-state index in [-0.39, 0.29) is 23.0 Å². The molecule has 0 bridgehead atoms. The third-order valence-electron chi connectivity index (χ3n) is 3.74. The summed E-state index contributed by atoms with van der Waals surface area (Å²) in [6.45, 7) is 3.40. The molecule has 1 aliphatic heterocycles. The first kappa shape index (κ1) is 11.9. The van der Waals surface area contributed by atoms with Gasteiger partial charge in [-0.2, -0.15) is 0 Å². The minimum atomic E-state index is -3.39. The molecule has 0 aromatic heterocycles. The molecule has 0 radical (unpaired) electrons. The molecule has 2 rings (SSSR count). The SMILES string of the molecule is CCS(=O)(=O)NC(=O)C1CC12CCNCC2. The lowest BCUT2D eigenvalue weighted by Gasteiger charge is -2.23. The smallest absolute Gasteiger partial charge is 0.237 e. The maximum Gasteiger partial charge on any atom is 0.237 e. The Kier molecular flexibility index (Phi) is 2.96. The molecule has 1 amide bonds. The van der Waals surface area contributed by atoms with Crippen LogP contribution in [0.25, 0.3) is 0 Å². The second kappa shape index (κ2) is 4.00. The average Bonchev–Trinajstić information content (AvgIpc) is 2.93. The first-order chi connectivity index (χ1) is 7.49. The summed E-state index contributed by atoms with van der Waals surface area (Å²) in [6, 6.07) is 0. The lowest BCUT2D eigenvalue weighted by atomic mass is 9.92. The number of nitrogens with one attached hydrogen (secondary N) is 2. The van der Waals surface area contributed by atoms with Gasteiger partial charge in [0.2, 0.25) is 15.9 Å². The van der Waals surface area contributed by atoms with Crippen molar-refractivity contribution in [2.24, 2.45) is 11.3 Å². The average molecular weight is 246 g/mol. The first-order valence-electron chi connectivity index (χ1n) is 5.74. The van der Waals surface area contributed by atoms with E-state index in [1.807, 2.05) is 0 Å². The van der Waals surface area contributed by atoms with Crippen molar-refractivity contribution >= 4 is 15.9 Å². The topological polar surface area (TPSA) is 75.3 Å². The van der Waals surface area contributed by atoms with Crippen LogP contribution >= 0.6 is 0 Å². The van der Waals surface area contributed by atoms with Gasteiger partial charge in [-0.1, -0.05) is 0 Å². The standard InChI is InChI=1S/C10H18N2O3S/c1-2-16(14,15)12-9(13)8-7-10(8)3-5-11-6-4-10/h8,11H,2-7H2,1H3,(H,12,13). The lowest BCUT2D eigenvalue weighted by molar-refractivity contribution is -0.121. The van der Waals surface area contributed by atoms with E-state index in [0.29, 0.717) is 0 Å². The normalized spacial score (nSPS) is 27.7. The zero-order valence-electron chi connectivity index (χ0n) is 9.45. The van der Waals surface area contributed by atoms with Gasteiger partial charge in [0.1, 0.15) is 0 Å². The molecule has 1 spiro atoms. The largest absolute Gasteiger partial charge is 0.317 e.